The van der Waals surface area contributed by atoms with E-state index in [0.29, 0.717) is 5.75 Å². The van der Waals surface area contributed by atoms with E-state index in [4.69, 9.17) is 9.47 Å². The molecule has 0 saturated carbocycles. The standard InChI is InChI=1S/C10H11FN2O5S/c1-5(14)17-3-8-18-7(4-19-8)13-2-6(11)9(15)12-10(13)16/h2,7-8H,3-4H2,1H3,(H,12,15,16). The molecule has 2 rings (SSSR count). The summed E-state index contributed by atoms with van der Waals surface area (Å²) in [4.78, 5) is 34.9. The van der Waals surface area contributed by atoms with Gasteiger partial charge in [0.15, 0.2) is 0 Å². The average molecular weight is 290 g/mol. The van der Waals surface area contributed by atoms with Crippen LogP contribution < -0.4 is 11.2 Å². The van der Waals surface area contributed by atoms with Crippen molar-refractivity contribution in [3.8, 4) is 0 Å². The monoisotopic (exact) mass is 290 g/mol. The minimum absolute atomic E-state index is 0.0527. The molecule has 1 aliphatic rings. The van der Waals surface area contributed by atoms with Crippen LogP contribution in [0.1, 0.15) is 13.2 Å². The molecule has 1 fully saturated rings. The van der Waals surface area contributed by atoms with E-state index in [-0.39, 0.29) is 6.61 Å². The Morgan fingerprint density at radius 3 is 3.11 bits per heavy atom. The topological polar surface area (TPSA) is 90.4 Å². The van der Waals surface area contributed by atoms with Gasteiger partial charge in [0.2, 0.25) is 5.82 Å². The summed E-state index contributed by atoms with van der Waals surface area (Å²) in [6.07, 6.45) is 0.102. The summed E-state index contributed by atoms with van der Waals surface area (Å²) < 4.78 is 24.3. The van der Waals surface area contributed by atoms with Gasteiger partial charge in [0, 0.05) is 12.7 Å². The number of hydrogen-bond donors (Lipinski definition) is 1. The number of hydrogen-bond acceptors (Lipinski definition) is 6. The summed E-state index contributed by atoms with van der Waals surface area (Å²) in [6.45, 7) is 1.33. The number of thioether (sulfide) groups is 1. The van der Waals surface area contributed by atoms with Crippen molar-refractivity contribution in [2.24, 2.45) is 0 Å². The zero-order valence-corrected chi connectivity index (χ0v) is 10.7. The number of nitrogens with one attached hydrogen (secondary N) is 1. The number of rotatable bonds is 3. The van der Waals surface area contributed by atoms with Gasteiger partial charge in [-0.15, -0.1) is 11.8 Å². The Hall–Kier alpha value is -1.61. The fourth-order valence-electron chi connectivity index (χ4n) is 1.54. The molecule has 104 valence electrons. The van der Waals surface area contributed by atoms with E-state index in [0.717, 1.165) is 10.8 Å². The van der Waals surface area contributed by atoms with Crippen molar-refractivity contribution in [1.82, 2.24) is 9.55 Å². The Kier molecular flexibility index (Phi) is 4.05. The smallest absolute Gasteiger partial charge is 0.330 e. The number of carbonyl (C=O) groups is 1. The van der Waals surface area contributed by atoms with Gasteiger partial charge in [-0.05, 0) is 0 Å². The van der Waals surface area contributed by atoms with Crippen LogP contribution in [-0.4, -0.2) is 33.3 Å². The van der Waals surface area contributed by atoms with Crippen molar-refractivity contribution in [3.05, 3.63) is 32.9 Å². The van der Waals surface area contributed by atoms with Gasteiger partial charge in [-0.3, -0.25) is 19.1 Å². The van der Waals surface area contributed by atoms with Crippen LogP contribution in [-0.2, 0) is 14.3 Å². The molecule has 9 heteroatoms. The maximum absolute atomic E-state index is 13.1. The van der Waals surface area contributed by atoms with Crippen molar-refractivity contribution >= 4 is 17.7 Å². The molecule has 0 spiro atoms. The van der Waals surface area contributed by atoms with Gasteiger partial charge in [-0.25, -0.2) is 4.79 Å². The van der Waals surface area contributed by atoms with E-state index in [2.05, 4.69) is 0 Å². The lowest BCUT2D eigenvalue weighted by molar-refractivity contribution is -0.144. The molecule has 0 aromatic carbocycles. The minimum atomic E-state index is -1.07. The summed E-state index contributed by atoms with van der Waals surface area (Å²) >= 11 is 1.33. The zero-order chi connectivity index (χ0) is 14.0. The van der Waals surface area contributed by atoms with Crippen LogP contribution in [0.4, 0.5) is 4.39 Å². The largest absolute Gasteiger partial charge is 0.462 e. The van der Waals surface area contributed by atoms with Crippen LogP contribution in [0.5, 0.6) is 0 Å². The molecule has 0 aliphatic carbocycles. The van der Waals surface area contributed by atoms with Crippen LogP contribution in [0.25, 0.3) is 0 Å². The molecule has 0 radical (unpaired) electrons. The number of halogens is 1. The summed E-state index contributed by atoms with van der Waals surface area (Å²) in [7, 11) is 0. The first kappa shape index (κ1) is 13.8. The Labute approximate surface area is 110 Å². The molecule has 2 atom stereocenters. The molecule has 7 nitrogen and oxygen atoms in total. The van der Waals surface area contributed by atoms with Crippen molar-refractivity contribution < 1.29 is 18.7 Å². The molecule has 2 unspecified atom stereocenters. The van der Waals surface area contributed by atoms with E-state index >= 15 is 0 Å². The third kappa shape index (κ3) is 3.24. The van der Waals surface area contributed by atoms with Gasteiger partial charge in [0.25, 0.3) is 5.56 Å². The van der Waals surface area contributed by atoms with E-state index in [1.165, 1.54) is 18.7 Å². The Bertz CT molecular complexity index is 598. The average Bonchev–Trinajstić information content (AvgIpc) is 2.80. The first-order chi connectivity index (χ1) is 8.97. The predicted octanol–water partition coefficient (Wildman–Crippen LogP) is -0.173. The van der Waals surface area contributed by atoms with Gasteiger partial charge >= 0.3 is 11.7 Å². The fourth-order valence-corrected chi connectivity index (χ4v) is 2.53. The first-order valence-corrected chi connectivity index (χ1v) is 6.43. The highest BCUT2D eigenvalue weighted by Gasteiger charge is 2.29. The van der Waals surface area contributed by atoms with E-state index in [1.807, 2.05) is 4.98 Å². The summed E-state index contributed by atoms with van der Waals surface area (Å²) in [5, 5.41) is 0. The lowest BCUT2D eigenvalue weighted by Gasteiger charge is -2.14. The van der Waals surface area contributed by atoms with Crippen molar-refractivity contribution in [1.29, 1.82) is 0 Å². The molecule has 1 aromatic heterocycles. The number of esters is 1. The van der Waals surface area contributed by atoms with Crippen LogP contribution in [0, 0.1) is 5.82 Å². The van der Waals surface area contributed by atoms with E-state index in [1.54, 1.807) is 0 Å². The highest BCUT2D eigenvalue weighted by atomic mass is 32.2. The Balaban J connectivity index is 2.09. The molecule has 1 N–H and O–H groups in total. The van der Waals surface area contributed by atoms with Crippen LogP contribution in [0.2, 0.25) is 0 Å². The number of aromatic amines is 1. The molecule has 0 bridgehead atoms. The third-order valence-corrected chi connectivity index (χ3v) is 3.49. The van der Waals surface area contributed by atoms with Crippen LogP contribution in [0.3, 0.4) is 0 Å². The van der Waals surface area contributed by atoms with E-state index < -0.39 is 34.7 Å². The van der Waals surface area contributed by atoms with Gasteiger partial charge in [-0.1, -0.05) is 0 Å². The van der Waals surface area contributed by atoms with Gasteiger partial charge < -0.3 is 9.47 Å². The van der Waals surface area contributed by atoms with Crippen LogP contribution >= 0.6 is 11.8 Å². The number of ether oxygens (including phenoxy) is 2. The molecule has 1 saturated heterocycles. The molecular weight excluding hydrogens is 279 g/mol. The quantitative estimate of drug-likeness (QED) is 0.777. The lowest BCUT2D eigenvalue weighted by atomic mass is 10.5. The lowest BCUT2D eigenvalue weighted by Crippen LogP contribution is -2.34. The second kappa shape index (κ2) is 5.57. The molecule has 0 amide bonds. The number of nitrogens with zero attached hydrogens (tertiary/aromatic N) is 1. The van der Waals surface area contributed by atoms with Gasteiger partial charge in [0.1, 0.15) is 18.3 Å². The minimum Gasteiger partial charge on any atom is -0.462 e. The third-order valence-electron chi connectivity index (χ3n) is 2.39. The molecular formula is C10H11FN2O5S. The Morgan fingerprint density at radius 2 is 2.42 bits per heavy atom. The first-order valence-electron chi connectivity index (χ1n) is 5.39. The maximum atomic E-state index is 13.1. The maximum Gasteiger partial charge on any atom is 0.330 e. The van der Waals surface area contributed by atoms with E-state index in [9.17, 15) is 18.8 Å². The van der Waals surface area contributed by atoms with Crippen molar-refractivity contribution in [3.63, 3.8) is 0 Å². The van der Waals surface area contributed by atoms with Crippen molar-refractivity contribution in [2.45, 2.75) is 18.6 Å². The van der Waals surface area contributed by atoms with Gasteiger partial charge in [-0.2, -0.15) is 4.39 Å². The Morgan fingerprint density at radius 1 is 1.68 bits per heavy atom. The number of aromatic nitrogens is 2. The molecule has 19 heavy (non-hydrogen) atoms. The number of H-pyrrole nitrogens is 1. The highest BCUT2D eigenvalue weighted by Crippen LogP contribution is 2.30. The predicted molar refractivity (Wildman–Crippen MR) is 64.3 cm³/mol. The van der Waals surface area contributed by atoms with Crippen molar-refractivity contribution in [2.75, 3.05) is 12.4 Å². The normalized spacial score (nSPS) is 22.4. The zero-order valence-electron chi connectivity index (χ0n) is 9.92. The van der Waals surface area contributed by atoms with Gasteiger partial charge in [0.05, 0.1) is 6.20 Å². The summed E-state index contributed by atoms with van der Waals surface area (Å²) in [6, 6.07) is 0. The molecule has 2 heterocycles. The SMILES string of the molecule is CC(=O)OCC1OC(n2cc(F)c(=O)[nH]c2=O)CS1. The second-order valence-corrected chi connectivity index (χ2v) is 4.99. The molecule has 1 aromatic rings. The highest BCUT2D eigenvalue weighted by molar-refractivity contribution is 8.00. The summed E-state index contributed by atoms with van der Waals surface area (Å²) in [5.74, 6) is -1.10. The van der Waals surface area contributed by atoms with Crippen LogP contribution in [0.15, 0.2) is 15.8 Å². The fraction of sp³-hybridized carbons (Fsp3) is 0.500. The number of carbonyl (C=O) groups excluding carboxylic acids is 1. The second-order valence-electron chi connectivity index (χ2n) is 3.80. The molecule has 1 aliphatic heterocycles. The summed E-state index contributed by atoms with van der Waals surface area (Å²) in [5.41, 5.74) is -2.23.